The van der Waals surface area contributed by atoms with Crippen LogP contribution in [-0.2, 0) is 13.1 Å². The Labute approximate surface area is 232 Å². The number of likely N-dealkylation sites (N-methyl/N-ethyl adjacent to an activating group) is 1. The summed E-state index contributed by atoms with van der Waals surface area (Å²) in [5.74, 6) is 1.21. The minimum atomic E-state index is 0.0885. The summed E-state index contributed by atoms with van der Waals surface area (Å²) in [5, 5.41) is 10.3. The van der Waals surface area contributed by atoms with E-state index < -0.39 is 0 Å². The Hall–Kier alpha value is -3.19. The molecule has 1 aromatic carbocycles. The van der Waals surface area contributed by atoms with Crippen molar-refractivity contribution in [2.75, 3.05) is 77.5 Å². The maximum Gasteiger partial charge on any atom is 0.234 e. The summed E-state index contributed by atoms with van der Waals surface area (Å²) < 4.78 is 8.59. The number of nitriles is 1. The van der Waals surface area contributed by atoms with Crippen molar-refractivity contribution in [1.29, 1.82) is 5.26 Å². The largest absolute Gasteiger partial charge is 0.490 e. The van der Waals surface area contributed by atoms with Gasteiger partial charge in [0.05, 0.1) is 5.69 Å². The first kappa shape index (κ1) is 27.4. The maximum atomic E-state index is 9.33. The lowest BCUT2D eigenvalue weighted by atomic mass is 9.97. The first-order chi connectivity index (χ1) is 18.8. The fourth-order valence-corrected chi connectivity index (χ4v) is 5.50. The molecule has 0 atom stereocenters. The van der Waals surface area contributed by atoms with Crippen molar-refractivity contribution >= 4 is 16.7 Å². The van der Waals surface area contributed by atoms with E-state index in [-0.39, 0.29) is 11.2 Å². The zero-order valence-electron chi connectivity index (χ0n) is 23.9. The number of aromatic nitrogens is 3. The van der Waals surface area contributed by atoms with Gasteiger partial charge in [0.1, 0.15) is 24.1 Å². The maximum absolute atomic E-state index is 9.33. The number of ether oxygens (including phenoxy) is 1. The molecule has 39 heavy (non-hydrogen) atoms. The van der Waals surface area contributed by atoms with Crippen molar-refractivity contribution < 1.29 is 4.74 Å². The zero-order chi connectivity index (χ0) is 27.4. The highest BCUT2D eigenvalue weighted by atomic mass is 16.5. The lowest BCUT2D eigenvalue weighted by Crippen LogP contribution is -2.46. The molecule has 9 heteroatoms. The van der Waals surface area contributed by atoms with Crippen LogP contribution < -0.4 is 9.64 Å². The van der Waals surface area contributed by atoms with Gasteiger partial charge in [0.25, 0.3) is 0 Å². The lowest BCUT2D eigenvalue weighted by Gasteiger charge is -2.37. The molecule has 0 amide bonds. The van der Waals surface area contributed by atoms with E-state index in [0.29, 0.717) is 0 Å². The third kappa shape index (κ3) is 6.88. The van der Waals surface area contributed by atoms with E-state index in [9.17, 15) is 5.26 Å². The molecule has 0 N–H and O–H groups in total. The normalized spacial score (nSPS) is 18.0. The van der Waals surface area contributed by atoms with Crippen LogP contribution in [0.5, 0.6) is 5.75 Å². The van der Waals surface area contributed by atoms with Gasteiger partial charge in [-0.2, -0.15) is 5.26 Å². The van der Waals surface area contributed by atoms with Crippen molar-refractivity contribution in [2.45, 2.75) is 33.9 Å². The van der Waals surface area contributed by atoms with Gasteiger partial charge in [-0.3, -0.25) is 9.80 Å². The van der Waals surface area contributed by atoms with Gasteiger partial charge in [-0.1, -0.05) is 32.9 Å². The van der Waals surface area contributed by atoms with Gasteiger partial charge >= 0.3 is 0 Å². The molecule has 4 heterocycles. The van der Waals surface area contributed by atoms with Crippen LogP contribution in [0.2, 0.25) is 0 Å². The molecule has 9 nitrogen and oxygen atoms in total. The van der Waals surface area contributed by atoms with Crippen molar-refractivity contribution in [3.8, 4) is 11.8 Å². The van der Waals surface area contributed by atoms with Gasteiger partial charge in [0, 0.05) is 89.3 Å². The number of piperazine rings is 2. The smallest absolute Gasteiger partial charge is 0.234 e. The Kier molecular flexibility index (Phi) is 8.36. The molecule has 0 spiro atoms. The molecule has 2 aliphatic heterocycles. The molecular formula is C30H42N8O. The molecule has 0 bridgehead atoms. The summed E-state index contributed by atoms with van der Waals surface area (Å²) >= 11 is 0. The van der Waals surface area contributed by atoms with Crippen molar-refractivity contribution in [3.05, 3.63) is 48.0 Å². The zero-order valence-corrected chi connectivity index (χ0v) is 23.9. The third-order valence-corrected chi connectivity index (χ3v) is 7.68. The van der Waals surface area contributed by atoms with Gasteiger partial charge in [0.15, 0.2) is 0 Å². The van der Waals surface area contributed by atoms with Gasteiger partial charge in [-0.15, -0.1) is 0 Å². The van der Waals surface area contributed by atoms with Crippen molar-refractivity contribution in [3.63, 3.8) is 0 Å². The number of hydrogen-bond donors (Lipinski definition) is 0. The summed E-state index contributed by atoms with van der Waals surface area (Å²) in [4.78, 5) is 18.6. The number of anilines is 1. The van der Waals surface area contributed by atoms with Gasteiger partial charge < -0.3 is 19.1 Å². The predicted molar refractivity (Wildman–Crippen MR) is 155 cm³/mol. The van der Waals surface area contributed by atoms with Gasteiger partial charge in [-0.05, 0) is 30.7 Å². The first-order valence-electron chi connectivity index (χ1n) is 14.1. The summed E-state index contributed by atoms with van der Waals surface area (Å²) in [7, 11) is 2.19. The Balaban J connectivity index is 1.21. The molecule has 0 unspecified atom stereocenters. The van der Waals surface area contributed by atoms with E-state index >= 15 is 0 Å². The quantitative estimate of drug-likeness (QED) is 0.439. The highest BCUT2D eigenvalue weighted by Gasteiger charge is 2.23. The molecule has 2 aliphatic rings. The van der Waals surface area contributed by atoms with E-state index in [1.807, 2.05) is 0 Å². The fourth-order valence-electron chi connectivity index (χ4n) is 5.50. The second-order valence-corrected chi connectivity index (χ2v) is 12.1. The van der Waals surface area contributed by atoms with E-state index in [1.165, 1.54) is 11.4 Å². The minimum absolute atomic E-state index is 0.0885. The number of rotatable bonds is 8. The highest BCUT2D eigenvalue weighted by Crippen LogP contribution is 2.30. The molecule has 3 aromatic rings. The number of para-hydroxylation sites is 2. The summed E-state index contributed by atoms with van der Waals surface area (Å²) in [5.41, 5.74) is 3.36. The third-order valence-electron chi connectivity index (χ3n) is 7.68. The van der Waals surface area contributed by atoms with Crippen LogP contribution in [-0.4, -0.2) is 102 Å². The molecule has 2 saturated heterocycles. The Morgan fingerprint density at radius 2 is 1.69 bits per heavy atom. The molecule has 5 rings (SSSR count). The Morgan fingerprint density at radius 3 is 2.41 bits per heavy atom. The molecule has 2 aromatic heterocycles. The second-order valence-electron chi connectivity index (χ2n) is 12.1. The lowest BCUT2D eigenvalue weighted by molar-refractivity contribution is 0.134. The van der Waals surface area contributed by atoms with Gasteiger partial charge in [-0.25, -0.2) is 9.97 Å². The second kappa shape index (κ2) is 11.9. The number of hydrogen-bond acceptors (Lipinski definition) is 8. The summed E-state index contributed by atoms with van der Waals surface area (Å²) in [6, 6.07) is 12.8. The fraction of sp³-hybridized carbons (Fsp3) is 0.567. The minimum Gasteiger partial charge on any atom is -0.490 e. The van der Waals surface area contributed by atoms with E-state index in [1.54, 1.807) is 6.20 Å². The van der Waals surface area contributed by atoms with E-state index in [0.717, 1.165) is 95.4 Å². The molecule has 0 aliphatic carbocycles. The van der Waals surface area contributed by atoms with Crippen LogP contribution >= 0.6 is 0 Å². The topological polar surface area (TPSA) is 76.7 Å². The van der Waals surface area contributed by atoms with E-state index in [2.05, 4.69) is 98.4 Å². The average Bonchev–Trinajstić information content (AvgIpc) is 3.25. The van der Waals surface area contributed by atoms with Crippen molar-refractivity contribution in [2.24, 2.45) is 5.41 Å². The summed E-state index contributed by atoms with van der Waals surface area (Å²) in [6.45, 7) is 18.4. The van der Waals surface area contributed by atoms with Crippen LogP contribution in [0.1, 0.15) is 32.3 Å². The average molecular weight is 531 g/mol. The van der Waals surface area contributed by atoms with Crippen LogP contribution in [0.25, 0.3) is 11.0 Å². The van der Waals surface area contributed by atoms with Gasteiger partial charge in [0.2, 0.25) is 5.82 Å². The van der Waals surface area contributed by atoms with Crippen LogP contribution in [0, 0.1) is 16.7 Å². The van der Waals surface area contributed by atoms with E-state index in [4.69, 9.17) is 4.74 Å². The molecule has 2 fully saturated rings. The molecule has 208 valence electrons. The highest BCUT2D eigenvalue weighted by molar-refractivity contribution is 5.77. The summed E-state index contributed by atoms with van der Waals surface area (Å²) in [6.07, 6.45) is 1.78. The number of benzene rings is 1. The monoisotopic (exact) mass is 530 g/mol. The van der Waals surface area contributed by atoms with Crippen LogP contribution in [0.15, 0.2) is 36.5 Å². The van der Waals surface area contributed by atoms with Crippen molar-refractivity contribution in [1.82, 2.24) is 29.2 Å². The predicted octanol–water partition coefficient (Wildman–Crippen LogP) is 3.30. The van der Waals surface area contributed by atoms with Crippen LogP contribution in [0.3, 0.4) is 0 Å². The molecule has 0 saturated carbocycles. The number of fused-ring (bicyclic) bond motifs is 1. The number of nitrogens with zero attached hydrogens (tertiary/aromatic N) is 8. The first-order valence-corrected chi connectivity index (χ1v) is 14.1. The molecular weight excluding hydrogens is 488 g/mol. The Morgan fingerprint density at radius 1 is 0.974 bits per heavy atom. The standard InChI is InChI=1S/C30H42N8O/c1-30(2,3)23-38-25(19-24-21-32-28(20-31)33-29(24)38)22-36-13-15-37(16-14-36)26-7-5-6-8-27(26)39-18-17-35-11-9-34(4)10-12-35/h5-8,19,21H,9-18,22-23H2,1-4H3. The Bertz CT molecular complexity index is 1290. The SMILES string of the molecule is CN1CCN(CCOc2ccccc2N2CCN(Cc3cc4cnc(C#N)nc4n3CC(C)(C)C)CC2)CC1. The van der Waals surface area contributed by atoms with Crippen LogP contribution in [0.4, 0.5) is 5.69 Å². The molecule has 0 radical (unpaired) electrons.